The lowest BCUT2D eigenvalue weighted by Crippen LogP contribution is -2.62. The van der Waals surface area contributed by atoms with E-state index in [2.05, 4.69) is 16.0 Å². The van der Waals surface area contributed by atoms with Gasteiger partial charge in [0.15, 0.2) is 0 Å². The van der Waals surface area contributed by atoms with Crippen molar-refractivity contribution in [3.8, 4) is 5.75 Å². The van der Waals surface area contributed by atoms with Crippen molar-refractivity contribution < 1.29 is 29.1 Å². The Hall–Kier alpha value is -3.63. The summed E-state index contributed by atoms with van der Waals surface area (Å²) in [5, 5.41) is 18.4. The summed E-state index contributed by atoms with van der Waals surface area (Å²) in [6.07, 6.45) is 3.21. The molecule has 238 valence electrons. The summed E-state index contributed by atoms with van der Waals surface area (Å²) in [5.41, 5.74) is 4.72. The Bertz CT molecular complexity index is 1220. The number of primary amides is 1. The second kappa shape index (κ2) is 13.3. The minimum absolute atomic E-state index is 0.0600. The number of hydrogen-bond acceptors (Lipinski definition) is 6. The van der Waals surface area contributed by atoms with Crippen molar-refractivity contribution in [3.05, 3.63) is 29.8 Å². The fraction of sp³-hybridized carbons (Fsp3) is 0.656. The van der Waals surface area contributed by atoms with Crippen molar-refractivity contribution in [2.24, 2.45) is 28.9 Å². The van der Waals surface area contributed by atoms with Gasteiger partial charge in [-0.25, -0.2) is 4.79 Å². The summed E-state index contributed by atoms with van der Waals surface area (Å²) in [6.45, 7) is 13.5. The fourth-order valence-electron chi connectivity index (χ4n) is 5.95. The van der Waals surface area contributed by atoms with E-state index < -0.39 is 58.6 Å². The highest BCUT2D eigenvalue weighted by Gasteiger charge is 2.48. The van der Waals surface area contributed by atoms with Crippen molar-refractivity contribution in [2.45, 2.75) is 104 Å². The van der Waals surface area contributed by atoms with Gasteiger partial charge in [0.2, 0.25) is 17.6 Å². The average Bonchev–Trinajstić information content (AvgIpc) is 3.57. The Labute approximate surface area is 254 Å². The smallest absolute Gasteiger partial charge is 0.315 e. The van der Waals surface area contributed by atoms with Crippen LogP contribution in [0.1, 0.15) is 79.7 Å². The monoisotopic (exact) mass is 599 g/mol. The van der Waals surface area contributed by atoms with Gasteiger partial charge in [-0.2, -0.15) is 0 Å². The SMILES string of the molecule is CC(C)C1CCN(C(=O)[C@@H](NC(=O)NC(C)(C)Cc2cccc(O)c2)C(C)(C)C)[C@@H]1C(=O)NC(CC1CC1)C(=O)C(N)=O. The predicted octanol–water partition coefficient (Wildman–Crippen LogP) is 2.64. The lowest BCUT2D eigenvalue weighted by Gasteiger charge is -2.37. The third-order valence-corrected chi connectivity index (χ3v) is 8.39. The second-order valence-corrected chi connectivity index (χ2v) is 14.3. The standard InChI is InChI=1S/C32H49N5O6/c1-18(2)22-13-14-37(24(22)28(41)34-23(16-19-11-12-19)25(39)27(33)40)29(42)26(31(3,4)5)35-30(43)36-32(6,7)17-20-9-8-10-21(38)15-20/h8-10,15,18-19,22-24,26,38H,11-14,16-17H2,1-7H3,(H2,33,40)(H,34,41)(H2,35,36,43)/t22?,23?,24-,26+/m0/s1. The first-order valence-corrected chi connectivity index (χ1v) is 15.2. The molecule has 1 aromatic carbocycles. The number of carbonyl (C=O) groups excluding carboxylic acids is 5. The molecular weight excluding hydrogens is 550 g/mol. The van der Waals surface area contributed by atoms with Crippen molar-refractivity contribution in [2.75, 3.05) is 6.54 Å². The van der Waals surface area contributed by atoms with E-state index in [9.17, 15) is 29.1 Å². The lowest BCUT2D eigenvalue weighted by atomic mass is 9.84. The molecule has 43 heavy (non-hydrogen) atoms. The van der Waals surface area contributed by atoms with Gasteiger partial charge < -0.3 is 31.7 Å². The van der Waals surface area contributed by atoms with E-state index in [0.29, 0.717) is 25.8 Å². The third kappa shape index (κ3) is 9.18. The number of likely N-dealkylation sites (tertiary alicyclic amines) is 1. The molecule has 2 aliphatic rings. The number of nitrogens with two attached hydrogens (primary N) is 1. The van der Waals surface area contributed by atoms with E-state index in [-0.39, 0.29) is 23.5 Å². The summed E-state index contributed by atoms with van der Waals surface area (Å²) in [6, 6.07) is 3.42. The molecule has 0 aromatic heterocycles. The third-order valence-electron chi connectivity index (χ3n) is 8.39. The van der Waals surface area contributed by atoms with E-state index in [1.165, 1.54) is 4.90 Å². The number of aromatic hydroxyl groups is 1. The topological polar surface area (TPSA) is 171 Å². The second-order valence-electron chi connectivity index (χ2n) is 14.3. The highest BCUT2D eigenvalue weighted by Crippen LogP contribution is 2.35. The zero-order chi connectivity index (χ0) is 32.3. The van der Waals surface area contributed by atoms with Crippen molar-refractivity contribution in [1.29, 1.82) is 0 Å². The van der Waals surface area contributed by atoms with Crippen LogP contribution in [0.25, 0.3) is 0 Å². The number of nitrogens with zero attached hydrogens (tertiary/aromatic N) is 1. The van der Waals surface area contributed by atoms with Crippen molar-refractivity contribution >= 4 is 29.5 Å². The van der Waals surface area contributed by atoms with Crippen LogP contribution in [0.15, 0.2) is 24.3 Å². The molecule has 1 saturated heterocycles. The first kappa shape index (κ1) is 33.9. The van der Waals surface area contributed by atoms with Gasteiger partial charge in [-0.15, -0.1) is 0 Å². The summed E-state index contributed by atoms with van der Waals surface area (Å²) < 4.78 is 0. The van der Waals surface area contributed by atoms with Gasteiger partial charge in [0.25, 0.3) is 5.91 Å². The molecule has 1 aliphatic carbocycles. The van der Waals surface area contributed by atoms with E-state index in [1.807, 2.05) is 54.5 Å². The Morgan fingerprint density at radius 2 is 1.67 bits per heavy atom. The molecule has 1 saturated carbocycles. The number of Topliss-reactive ketones (excluding diaryl/α,β-unsaturated/α-hetero) is 1. The number of nitrogens with one attached hydrogen (secondary N) is 3. The molecule has 2 unspecified atom stereocenters. The molecule has 11 nitrogen and oxygen atoms in total. The number of ketones is 1. The zero-order valence-corrected chi connectivity index (χ0v) is 26.5. The minimum Gasteiger partial charge on any atom is -0.508 e. The first-order chi connectivity index (χ1) is 19.9. The van der Waals surface area contributed by atoms with Gasteiger partial charge in [0.1, 0.15) is 17.8 Å². The number of hydrogen-bond donors (Lipinski definition) is 5. The fourth-order valence-corrected chi connectivity index (χ4v) is 5.95. The van der Waals surface area contributed by atoms with E-state index in [0.717, 1.165) is 18.4 Å². The maximum atomic E-state index is 14.2. The molecule has 5 amide bonds. The van der Waals surface area contributed by atoms with Crippen LogP contribution >= 0.6 is 0 Å². The van der Waals surface area contributed by atoms with Crippen LogP contribution in [-0.2, 0) is 25.6 Å². The maximum Gasteiger partial charge on any atom is 0.315 e. The average molecular weight is 600 g/mol. The van der Waals surface area contributed by atoms with Crippen LogP contribution in [0, 0.1) is 23.2 Å². The first-order valence-electron chi connectivity index (χ1n) is 15.2. The number of urea groups is 1. The number of rotatable bonds is 12. The summed E-state index contributed by atoms with van der Waals surface area (Å²) in [7, 11) is 0. The molecule has 4 atom stereocenters. The van der Waals surface area contributed by atoms with Gasteiger partial charge in [-0.1, -0.05) is 59.6 Å². The number of benzene rings is 1. The highest BCUT2D eigenvalue weighted by atomic mass is 16.3. The van der Waals surface area contributed by atoms with Crippen LogP contribution in [0.5, 0.6) is 5.75 Å². The quantitative estimate of drug-likeness (QED) is 0.231. The van der Waals surface area contributed by atoms with E-state index >= 15 is 0 Å². The molecule has 1 aromatic rings. The Morgan fingerprint density at radius 3 is 2.21 bits per heavy atom. The number of phenolic OH excluding ortho intramolecular Hbond substituents is 1. The molecule has 2 fully saturated rings. The van der Waals surface area contributed by atoms with E-state index in [1.54, 1.807) is 18.2 Å². The Morgan fingerprint density at radius 1 is 1.02 bits per heavy atom. The summed E-state index contributed by atoms with van der Waals surface area (Å²) in [5.74, 6) is -2.55. The Balaban J connectivity index is 1.79. The molecule has 1 aliphatic heterocycles. The lowest BCUT2D eigenvalue weighted by molar-refractivity contribution is -0.144. The summed E-state index contributed by atoms with van der Waals surface area (Å²) >= 11 is 0. The van der Waals surface area contributed by atoms with Gasteiger partial charge in [-0.05, 0) is 74.0 Å². The van der Waals surface area contributed by atoms with Crippen molar-refractivity contribution in [3.63, 3.8) is 0 Å². The van der Waals surface area contributed by atoms with Crippen LogP contribution in [0.2, 0.25) is 0 Å². The molecular formula is C32H49N5O6. The molecule has 6 N–H and O–H groups in total. The normalized spacial score (nSPS) is 20.3. The van der Waals surface area contributed by atoms with Gasteiger partial charge >= 0.3 is 6.03 Å². The van der Waals surface area contributed by atoms with Crippen molar-refractivity contribution in [1.82, 2.24) is 20.9 Å². The molecule has 0 spiro atoms. The Kier molecular flexibility index (Phi) is 10.5. The molecule has 3 rings (SSSR count). The predicted molar refractivity (Wildman–Crippen MR) is 163 cm³/mol. The van der Waals surface area contributed by atoms with Crippen LogP contribution in [0.3, 0.4) is 0 Å². The maximum absolute atomic E-state index is 14.2. The van der Waals surface area contributed by atoms with Gasteiger partial charge in [-0.3, -0.25) is 19.2 Å². The van der Waals surface area contributed by atoms with Crippen LogP contribution in [-0.4, -0.2) is 69.8 Å². The molecule has 11 heteroatoms. The molecule has 0 radical (unpaired) electrons. The minimum atomic E-state index is -1.10. The number of amides is 5. The zero-order valence-electron chi connectivity index (χ0n) is 26.5. The van der Waals surface area contributed by atoms with Crippen LogP contribution < -0.4 is 21.7 Å². The van der Waals surface area contributed by atoms with E-state index in [4.69, 9.17) is 5.73 Å². The number of carbonyl (C=O) groups is 5. The van der Waals surface area contributed by atoms with Crippen LogP contribution in [0.4, 0.5) is 4.79 Å². The molecule has 1 heterocycles. The highest BCUT2D eigenvalue weighted by molar-refractivity contribution is 6.37. The largest absolute Gasteiger partial charge is 0.508 e. The molecule has 0 bridgehead atoms. The number of phenols is 1. The van der Waals surface area contributed by atoms with Gasteiger partial charge in [0.05, 0.1) is 6.04 Å². The van der Waals surface area contributed by atoms with Gasteiger partial charge in [0, 0.05) is 12.1 Å². The summed E-state index contributed by atoms with van der Waals surface area (Å²) in [4.78, 5) is 67.0.